The minimum absolute atomic E-state index is 0.130. The van der Waals surface area contributed by atoms with Gasteiger partial charge in [-0.25, -0.2) is 0 Å². The van der Waals surface area contributed by atoms with Gasteiger partial charge in [-0.15, -0.1) is 0 Å². The van der Waals surface area contributed by atoms with Crippen LogP contribution in [-0.2, 0) is 4.74 Å². The molecule has 0 fully saturated rings. The molecule has 0 unspecified atom stereocenters. The van der Waals surface area contributed by atoms with E-state index in [0.717, 1.165) is 22.5 Å². The monoisotopic (exact) mass is 417 g/mol. The van der Waals surface area contributed by atoms with Crippen LogP contribution in [-0.4, -0.2) is 35.4 Å². The van der Waals surface area contributed by atoms with Crippen LogP contribution in [0.25, 0.3) is 22.5 Å². The minimum atomic E-state index is -0.130. The predicted octanol–water partition coefficient (Wildman–Crippen LogP) is 5.21. The zero-order valence-corrected chi connectivity index (χ0v) is 17.1. The van der Waals surface area contributed by atoms with Crippen LogP contribution in [0, 0.1) is 0 Å². The highest BCUT2D eigenvalue weighted by Crippen LogP contribution is 2.31. The van der Waals surface area contributed by atoms with Crippen molar-refractivity contribution in [3.05, 3.63) is 64.1 Å². The molecular weight excluding hydrogens is 397 g/mol. The minimum Gasteiger partial charge on any atom is -0.377 e. The number of carbonyl (C=O) groups excluding carboxylic acids is 1. The second-order valence-electron chi connectivity index (χ2n) is 6.54. The van der Waals surface area contributed by atoms with Gasteiger partial charge in [0, 0.05) is 28.3 Å². The smallest absolute Gasteiger partial charge is 0.251 e. The van der Waals surface area contributed by atoms with E-state index in [0.29, 0.717) is 28.8 Å². The van der Waals surface area contributed by atoms with E-state index in [1.54, 1.807) is 24.3 Å². The van der Waals surface area contributed by atoms with E-state index in [9.17, 15) is 4.79 Å². The van der Waals surface area contributed by atoms with Crippen LogP contribution >= 0.6 is 23.2 Å². The van der Waals surface area contributed by atoms with Gasteiger partial charge in [0.05, 0.1) is 29.1 Å². The molecule has 2 aromatic carbocycles. The number of ether oxygens (including phenoxy) is 1. The summed E-state index contributed by atoms with van der Waals surface area (Å²) in [6.45, 7) is 4.89. The maximum absolute atomic E-state index is 12.2. The van der Waals surface area contributed by atoms with Crippen molar-refractivity contribution in [3.63, 3.8) is 0 Å². The summed E-state index contributed by atoms with van der Waals surface area (Å²) in [6, 6.07) is 14.5. The first-order chi connectivity index (χ1) is 13.4. The van der Waals surface area contributed by atoms with Gasteiger partial charge in [-0.3, -0.25) is 9.89 Å². The molecule has 0 radical (unpaired) electrons. The lowest BCUT2D eigenvalue weighted by atomic mass is 10.1. The zero-order chi connectivity index (χ0) is 20.1. The first kappa shape index (κ1) is 20.4. The molecule has 7 heteroatoms. The third-order valence-electron chi connectivity index (χ3n) is 4.08. The molecule has 0 aliphatic heterocycles. The third-order valence-corrected chi connectivity index (χ3v) is 4.63. The van der Waals surface area contributed by atoms with Crippen molar-refractivity contribution in [2.45, 2.75) is 20.0 Å². The van der Waals surface area contributed by atoms with Gasteiger partial charge in [0.2, 0.25) is 0 Å². The lowest BCUT2D eigenvalue weighted by molar-refractivity contribution is 0.0746. The summed E-state index contributed by atoms with van der Waals surface area (Å²) in [7, 11) is 0. The summed E-state index contributed by atoms with van der Waals surface area (Å²) >= 11 is 12.2. The van der Waals surface area contributed by atoms with Crippen molar-refractivity contribution >= 4 is 29.1 Å². The summed E-state index contributed by atoms with van der Waals surface area (Å²) in [5.74, 6) is -0.130. The number of nitrogens with zero attached hydrogens (tertiary/aromatic N) is 1. The van der Waals surface area contributed by atoms with Crippen LogP contribution in [0.3, 0.4) is 0 Å². The van der Waals surface area contributed by atoms with Crippen LogP contribution in [0.2, 0.25) is 10.0 Å². The summed E-state index contributed by atoms with van der Waals surface area (Å²) in [4.78, 5) is 12.2. The molecule has 1 heterocycles. The highest BCUT2D eigenvalue weighted by Gasteiger charge is 2.11. The van der Waals surface area contributed by atoms with E-state index in [1.165, 1.54) is 0 Å². The van der Waals surface area contributed by atoms with Gasteiger partial charge >= 0.3 is 0 Å². The fourth-order valence-corrected chi connectivity index (χ4v) is 3.18. The Balaban J connectivity index is 1.67. The Hall–Kier alpha value is -2.34. The van der Waals surface area contributed by atoms with Gasteiger partial charge in [0.15, 0.2) is 0 Å². The molecule has 1 amide bonds. The number of carbonyl (C=O) groups is 1. The largest absolute Gasteiger partial charge is 0.377 e. The van der Waals surface area contributed by atoms with Crippen molar-refractivity contribution < 1.29 is 9.53 Å². The number of aromatic amines is 1. The van der Waals surface area contributed by atoms with Gasteiger partial charge in [0.1, 0.15) is 0 Å². The van der Waals surface area contributed by atoms with Crippen LogP contribution in [0.1, 0.15) is 24.2 Å². The number of hydrogen-bond donors (Lipinski definition) is 2. The van der Waals surface area contributed by atoms with Crippen molar-refractivity contribution in [2.75, 3.05) is 13.2 Å². The number of amides is 1. The average Bonchev–Trinajstić information content (AvgIpc) is 3.15. The van der Waals surface area contributed by atoms with E-state index >= 15 is 0 Å². The Kier molecular flexibility index (Phi) is 6.73. The molecule has 1 aromatic heterocycles. The number of aromatic nitrogens is 2. The van der Waals surface area contributed by atoms with Crippen LogP contribution in [0.15, 0.2) is 48.5 Å². The molecular formula is C21H21Cl2N3O2. The number of H-pyrrole nitrogens is 1. The molecule has 0 bridgehead atoms. The molecule has 0 saturated carbocycles. The second kappa shape index (κ2) is 9.24. The van der Waals surface area contributed by atoms with E-state index < -0.39 is 0 Å². The SMILES string of the molecule is CC(C)OCCNC(=O)c1ccc(-c2cc(-c3ccc(Cl)cc3Cl)[nH]n2)cc1. The molecule has 3 aromatic rings. The molecule has 0 aliphatic carbocycles. The molecule has 0 aliphatic rings. The number of nitrogens with one attached hydrogen (secondary N) is 2. The van der Waals surface area contributed by atoms with E-state index in [1.807, 2.05) is 38.1 Å². The molecule has 5 nitrogen and oxygen atoms in total. The van der Waals surface area contributed by atoms with Crippen molar-refractivity contribution in [2.24, 2.45) is 0 Å². The highest BCUT2D eigenvalue weighted by molar-refractivity contribution is 6.36. The molecule has 0 spiro atoms. The first-order valence-electron chi connectivity index (χ1n) is 8.95. The third kappa shape index (κ3) is 5.13. The van der Waals surface area contributed by atoms with Crippen molar-refractivity contribution in [1.82, 2.24) is 15.5 Å². The van der Waals surface area contributed by atoms with Crippen LogP contribution < -0.4 is 5.32 Å². The fourth-order valence-electron chi connectivity index (χ4n) is 2.67. The predicted molar refractivity (Wildman–Crippen MR) is 113 cm³/mol. The molecule has 2 N–H and O–H groups in total. The molecule has 3 rings (SSSR count). The zero-order valence-electron chi connectivity index (χ0n) is 15.6. The molecule has 146 valence electrons. The second-order valence-corrected chi connectivity index (χ2v) is 7.39. The summed E-state index contributed by atoms with van der Waals surface area (Å²) < 4.78 is 5.42. The fraction of sp³-hybridized carbons (Fsp3) is 0.238. The highest BCUT2D eigenvalue weighted by atomic mass is 35.5. The van der Waals surface area contributed by atoms with Gasteiger partial charge in [0.25, 0.3) is 5.91 Å². The normalized spacial score (nSPS) is 11.0. The molecule has 0 atom stereocenters. The summed E-state index contributed by atoms with van der Waals surface area (Å²) in [5, 5.41) is 11.3. The van der Waals surface area contributed by atoms with Crippen molar-refractivity contribution in [3.8, 4) is 22.5 Å². The maximum atomic E-state index is 12.2. The van der Waals surface area contributed by atoms with Crippen LogP contribution in [0.4, 0.5) is 0 Å². The summed E-state index contributed by atoms with van der Waals surface area (Å²) in [5.41, 5.74) is 3.86. The number of benzene rings is 2. The molecule has 0 saturated heterocycles. The Bertz CT molecular complexity index is 953. The maximum Gasteiger partial charge on any atom is 0.251 e. The van der Waals surface area contributed by atoms with Crippen LogP contribution in [0.5, 0.6) is 0 Å². The summed E-state index contributed by atoms with van der Waals surface area (Å²) in [6.07, 6.45) is 0.151. The van der Waals surface area contributed by atoms with Crippen molar-refractivity contribution in [1.29, 1.82) is 0 Å². The Labute approximate surface area is 174 Å². The van der Waals surface area contributed by atoms with Gasteiger partial charge < -0.3 is 10.1 Å². The average molecular weight is 418 g/mol. The Morgan fingerprint density at radius 2 is 1.89 bits per heavy atom. The quantitative estimate of drug-likeness (QED) is 0.518. The Morgan fingerprint density at radius 1 is 1.14 bits per heavy atom. The van der Waals surface area contributed by atoms with E-state index in [4.69, 9.17) is 27.9 Å². The topological polar surface area (TPSA) is 67.0 Å². The first-order valence-corrected chi connectivity index (χ1v) is 9.70. The number of hydrogen-bond acceptors (Lipinski definition) is 3. The number of rotatable bonds is 7. The van der Waals surface area contributed by atoms with E-state index in [2.05, 4.69) is 15.5 Å². The standard InChI is InChI=1S/C21H21Cl2N3O2/c1-13(2)28-10-9-24-21(27)15-5-3-14(4-6-15)19-12-20(26-25-19)17-8-7-16(22)11-18(17)23/h3-8,11-13H,9-10H2,1-2H3,(H,24,27)(H,25,26). The van der Waals surface area contributed by atoms with E-state index in [-0.39, 0.29) is 12.0 Å². The van der Waals surface area contributed by atoms with Gasteiger partial charge in [-0.2, -0.15) is 5.10 Å². The molecule has 28 heavy (non-hydrogen) atoms. The number of halogens is 2. The lowest BCUT2D eigenvalue weighted by Crippen LogP contribution is -2.27. The lowest BCUT2D eigenvalue weighted by Gasteiger charge is -2.08. The van der Waals surface area contributed by atoms with Gasteiger partial charge in [-0.05, 0) is 50.2 Å². The Morgan fingerprint density at radius 3 is 2.57 bits per heavy atom. The van der Waals surface area contributed by atoms with Gasteiger partial charge in [-0.1, -0.05) is 35.3 Å².